The second-order valence-corrected chi connectivity index (χ2v) is 4.72. The Morgan fingerprint density at radius 2 is 1.83 bits per heavy atom. The van der Waals surface area contributed by atoms with E-state index in [2.05, 4.69) is 22.3 Å². The van der Waals surface area contributed by atoms with E-state index in [1.54, 1.807) is 0 Å². The van der Waals surface area contributed by atoms with Crippen LogP contribution in [0.25, 0.3) is 0 Å². The maximum Gasteiger partial charge on any atom is 0.280 e. The first kappa shape index (κ1) is 11.1. The molecule has 0 unspecified atom stereocenters. The minimum Gasteiger partial charge on any atom is -0.418 e. The van der Waals surface area contributed by atoms with Crippen LogP contribution in [0.5, 0.6) is 0 Å². The van der Waals surface area contributed by atoms with Crippen molar-refractivity contribution in [2.24, 2.45) is 0 Å². The fourth-order valence-corrected chi connectivity index (χ4v) is 2.84. The van der Waals surface area contributed by atoms with Crippen molar-refractivity contribution >= 4 is 6.29 Å². The monoisotopic (exact) mass is 242 g/mol. The summed E-state index contributed by atoms with van der Waals surface area (Å²) in [6, 6.07) is 10.2. The molecule has 0 N–H and O–H groups in total. The zero-order valence-electron chi connectivity index (χ0n) is 10.0. The van der Waals surface area contributed by atoms with Gasteiger partial charge in [-0.15, -0.1) is 10.2 Å². The van der Waals surface area contributed by atoms with Gasteiger partial charge < -0.3 is 4.42 Å². The Morgan fingerprint density at radius 1 is 1.11 bits per heavy atom. The van der Waals surface area contributed by atoms with Crippen LogP contribution in [0.2, 0.25) is 0 Å². The summed E-state index contributed by atoms with van der Waals surface area (Å²) in [5.74, 6) is 0.639. The first-order chi connectivity index (χ1) is 8.85. The maximum absolute atomic E-state index is 10.7. The normalized spacial score (nSPS) is 17.8. The predicted molar refractivity (Wildman–Crippen MR) is 65.4 cm³/mol. The summed E-state index contributed by atoms with van der Waals surface area (Å²) < 4.78 is 5.48. The molecule has 0 aliphatic heterocycles. The number of aromatic nitrogens is 2. The summed E-state index contributed by atoms with van der Waals surface area (Å²) in [5.41, 5.74) is 0.999. The largest absolute Gasteiger partial charge is 0.418 e. The molecule has 0 radical (unpaired) electrons. The van der Waals surface area contributed by atoms with E-state index in [1.165, 1.54) is 5.56 Å². The van der Waals surface area contributed by atoms with E-state index in [1.807, 2.05) is 18.2 Å². The quantitative estimate of drug-likeness (QED) is 0.776. The molecule has 3 rings (SSSR count). The van der Waals surface area contributed by atoms with Crippen LogP contribution in [-0.2, 0) is 5.41 Å². The van der Waals surface area contributed by atoms with Crippen LogP contribution in [0, 0.1) is 0 Å². The molecule has 1 heterocycles. The molecule has 0 bridgehead atoms. The maximum atomic E-state index is 10.7. The van der Waals surface area contributed by atoms with Crippen LogP contribution >= 0.6 is 0 Å². The Kier molecular flexibility index (Phi) is 2.70. The van der Waals surface area contributed by atoms with Crippen LogP contribution in [0.15, 0.2) is 34.7 Å². The molecule has 92 valence electrons. The molecular formula is C14H14N2O2. The third-order valence-electron chi connectivity index (χ3n) is 3.73. The van der Waals surface area contributed by atoms with Crippen molar-refractivity contribution in [3.63, 3.8) is 0 Å². The number of nitrogens with zero attached hydrogens (tertiary/aromatic N) is 2. The topological polar surface area (TPSA) is 56.0 Å². The molecule has 0 spiro atoms. The van der Waals surface area contributed by atoms with Gasteiger partial charge in [0.05, 0.1) is 5.41 Å². The van der Waals surface area contributed by atoms with Crippen molar-refractivity contribution < 1.29 is 9.21 Å². The fourth-order valence-electron chi connectivity index (χ4n) is 2.84. The number of rotatable bonds is 3. The Morgan fingerprint density at radius 3 is 2.44 bits per heavy atom. The van der Waals surface area contributed by atoms with Gasteiger partial charge in [-0.1, -0.05) is 43.2 Å². The fraction of sp³-hybridized carbons (Fsp3) is 0.357. The summed E-state index contributed by atoms with van der Waals surface area (Å²) in [5, 5.41) is 7.83. The van der Waals surface area contributed by atoms with Gasteiger partial charge in [0.15, 0.2) is 0 Å². The molecule has 2 aromatic rings. The predicted octanol–water partition coefficient (Wildman–Crippen LogP) is 2.74. The Hall–Kier alpha value is -1.97. The second kappa shape index (κ2) is 4.37. The van der Waals surface area contributed by atoms with Gasteiger partial charge in [-0.05, 0) is 18.4 Å². The SMILES string of the molecule is O=Cc1nnc(C2(c3ccccc3)CCCC2)o1. The van der Waals surface area contributed by atoms with Gasteiger partial charge in [0.25, 0.3) is 5.89 Å². The van der Waals surface area contributed by atoms with Crippen molar-refractivity contribution in [3.05, 3.63) is 47.7 Å². The molecule has 1 fully saturated rings. The lowest BCUT2D eigenvalue weighted by Gasteiger charge is -2.25. The molecule has 4 heteroatoms. The van der Waals surface area contributed by atoms with Gasteiger partial charge in [0, 0.05) is 0 Å². The molecule has 18 heavy (non-hydrogen) atoms. The molecule has 1 aliphatic carbocycles. The summed E-state index contributed by atoms with van der Waals surface area (Å²) >= 11 is 0. The van der Waals surface area contributed by atoms with Crippen molar-refractivity contribution in [2.75, 3.05) is 0 Å². The zero-order chi connectivity index (χ0) is 12.4. The molecule has 0 atom stereocenters. The molecule has 0 amide bonds. The summed E-state index contributed by atoms with van der Waals surface area (Å²) in [7, 11) is 0. The van der Waals surface area contributed by atoms with Gasteiger partial charge in [0.2, 0.25) is 12.2 Å². The van der Waals surface area contributed by atoms with Crippen LogP contribution in [0.1, 0.15) is 47.8 Å². The van der Waals surface area contributed by atoms with E-state index in [-0.39, 0.29) is 11.3 Å². The smallest absolute Gasteiger partial charge is 0.280 e. The van der Waals surface area contributed by atoms with E-state index >= 15 is 0 Å². The van der Waals surface area contributed by atoms with E-state index in [9.17, 15) is 4.79 Å². The first-order valence-corrected chi connectivity index (χ1v) is 6.20. The van der Waals surface area contributed by atoms with E-state index < -0.39 is 0 Å². The second-order valence-electron chi connectivity index (χ2n) is 4.72. The van der Waals surface area contributed by atoms with Crippen LogP contribution in [0.3, 0.4) is 0 Å². The summed E-state index contributed by atoms with van der Waals surface area (Å²) in [6.45, 7) is 0. The Labute approximate surface area is 105 Å². The molecule has 0 saturated heterocycles. The lowest BCUT2D eigenvalue weighted by molar-refractivity contribution is 0.109. The Bertz CT molecular complexity index is 542. The number of hydrogen-bond donors (Lipinski definition) is 0. The zero-order valence-corrected chi connectivity index (χ0v) is 10.0. The highest BCUT2D eigenvalue weighted by Crippen LogP contribution is 2.45. The van der Waals surface area contributed by atoms with Crippen LogP contribution in [0.4, 0.5) is 0 Å². The molecule has 4 nitrogen and oxygen atoms in total. The average molecular weight is 242 g/mol. The number of carbonyl (C=O) groups excluding carboxylic acids is 1. The van der Waals surface area contributed by atoms with Crippen molar-refractivity contribution in [1.29, 1.82) is 0 Å². The van der Waals surface area contributed by atoms with E-state index in [0.29, 0.717) is 12.2 Å². The summed E-state index contributed by atoms with van der Waals surface area (Å²) in [4.78, 5) is 10.7. The van der Waals surface area contributed by atoms with Gasteiger partial charge in [-0.25, -0.2) is 0 Å². The molecule has 1 saturated carbocycles. The minimum absolute atomic E-state index is 0.0622. The van der Waals surface area contributed by atoms with Gasteiger partial charge >= 0.3 is 0 Å². The molecule has 1 aromatic heterocycles. The van der Waals surface area contributed by atoms with Gasteiger partial charge in [-0.3, -0.25) is 4.79 Å². The summed E-state index contributed by atoms with van der Waals surface area (Å²) in [6.07, 6.45) is 4.89. The van der Waals surface area contributed by atoms with Gasteiger partial charge in [0.1, 0.15) is 0 Å². The highest BCUT2D eigenvalue weighted by Gasteiger charge is 2.42. The number of hydrogen-bond acceptors (Lipinski definition) is 4. The number of carbonyl (C=O) groups is 1. The minimum atomic E-state index is -0.199. The molecular weight excluding hydrogens is 228 g/mol. The molecule has 1 aliphatic rings. The number of benzene rings is 1. The highest BCUT2D eigenvalue weighted by molar-refractivity contribution is 5.66. The van der Waals surface area contributed by atoms with E-state index in [0.717, 1.165) is 25.7 Å². The third kappa shape index (κ3) is 1.65. The van der Waals surface area contributed by atoms with Crippen LogP contribution in [-0.4, -0.2) is 16.5 Å². The molecule has 1 aromatic carbocycles. The van der Waals surface area contributed by atoms with E-state index in [4.69, 9.17) is 4.42 Å². The third-order valence-corrected chi connectivity index (χ3v) is 3.73. The van der Waals surface area contributed by atoms with Crippen LogP contribution < -0.4 is 0 Å². The average Bonchev–Trinajstić information content (AvgIpc) is 3.09. The first-order valence-electron chi connectivity index (χ1n) is 6.20. The lowest BCUT2D eigenvalue weighted by atomic mass is 9.79. The van der Waals surface area contributed by atoms with Crippen molar-refractivity contribution in [2.45, 2.75) is 31.1 Å². The lowest BCUT2D eigenvalue weighted by Crippen LogP contribution is -2.24. The Balaban J connectivity index is 2.09. The number of aldehydes is 1. The van der Waals surface area contributed by atoms with Gasteiger partial charge in [-0.2, -0.15) is 0 Å². The van der Waals surface area contributed by atoms with Crippen molar-refractivity contribution in [1.82, 2.24) is 10.2 Å². The van der Waals surface area contributed by atoms with Crippen molar-refractivity contribution in [3.8, 4) is 0 Å². The standard InChI is InChI=1S/C14H14N2O2/c17-10-12-15-16-13(18-12)14(8-4-5-9-14)11-6-2-1-3-7-11/h1-3,6-7,10H,4-5,8-9H2. The highest BCUT2D eigenvalue weighted by atomic mass is 16.4.